The highest BCUT2D eigenvalue weighted by molar-refractivity contribution is 6.23. The van der Waals surface area contributed by atoms with Crippen LogP contribution in [0.2, 0.25) is 0 Å². The molecule has 0 saturated carbocycles. The van der Waals surface area contributed by atoms with E-state index in [1.165, 1.54) is 12.1 Å². The van der Waals surface area contributed by atoms with Gasteiger partial charge in [-0.05, 0) is 51.3 Å². The number of benzene rings is 3. The van der Waals surface area contributed by atoms with Crippen LogP contribution < -0.4 is 16.1 Å². The molecule has 0 bridgehead atoms. The SMILES string of the molecule is CN(C)CCCn1[nH]c2c3c(=O)ccc(O)c3c(O)c3c(=NCCNCCO)ccc1c32. The van der Waals surface area contributed by atoms with E-state index in [0.29, 0.717) is 42.4 Å². The number of fused-ring (bicyclic) bond motifs is 2. The van der Waals surface area contributed by atoms with Crippen LogP contribution in [0.4, 0.5) is 0 Å². The summed E-state index contributed by atoms with van der Waals surface area (Å²) >= 11 is 0. The van der Waals surface area contributed by atoms with Crippen molar-refractivity contribution in [3.8, 4) is 11.5 Å². The number of aromatic amines is 1. The van der Waals surface area contributed by atoms with Gasteiger partial charge in [0.2, 0.25) is 0 Å². The average molecular weight is 440 g/mol. The summed E-state index contributed by atoms with van der Waals surface area (Å²) in [4.78, 5) is 19.5. The lowest BCUT2D eigenvalue weighted by Gasteiger charge is -2.10. The molecule has 5 N–H and O–H groups in total. The normalized spacial score (nSPS) is 12.8. The second-order valence-corrected chi connectivity index (χ2v) is 8.19. The van der Waals surface area contributed by atoms with Gasteiger partial charge in [-0.1, -0.05) is 0 Å². The minimum atomic E-state index is -0.269. The lowest BCUT2D eigenvalue weighted by molar-refractivity contribution is 0.293. The number of aryl methyl sites for hydroxylation is 1. The lowest BCUT2D eigenvalue weighted by atomic mass is 9.99. The van der Waals surface area contributed by atoms with Gasteiger partial charge in [-0.25, -0.2) is 0 Å². The molecule has 9 nitrogen and oxygen atoms in total. The zero-order chi connectivity index (χ0) is 22.8. The minimum absolute atomic E-state index is 0.0555. The Labute approximate surface area is 184 Å². The molecule has 1 aromatic heterocycles. The number of aromatic nitrogens is 2. The third-order valence-corrected chi connectivity index (χ3v) is 5.66. The van der Waals surface area contributed by atoms with E-state index in [2.05, 4.69) is 20.3 Å². The smallest absolute Gasteiger partial charge is 0.189 e. The van der Waals surface area contributed by atoms with Crippen molar-refractivity contribution in [2.24, 2.45) is 4.99 Å². The van der Waals surface area contributed by atoms with Crippen molar-refractivity contribution in [3.63, 3.8) is 0 Å². The first-order valence-electron chi connectivity index (χ1n) is 10.8. The van der Waals surface area contributed by atoms with E-state index in [9.17, 15) is 15.0 Å². The molecule has 0 saturated heterocycles. The third kappa shape index (κ3) is 3.90. The number of aromatic hydroxyl groups is 2. The van der Waals surface area contributed by atoms with Gasteiger partial charge in [0.15, 0.2) is 5.43 Å². The number of hydrogen-bond donors (Lipinski definition) is 5. The number of nitrogens with one attached hydrogen (secondary N) is 2. The van der Waals surface area contributed by atoms with Crippen LogP contribution >= 0.6 is 0 Å². The maximum absolute atomic E-state index is 12.8. The predicted octanol–water partition coefficient (Wildman–Crippen LogP) is 0.919. The zero-order valence-electron chi connectivity index (χ0n) is 18.4. The topological polar surface area (TPSA) is 126 Å². The highest BCUT2D eigenvalue weighted by atomic mass is 16.3. The standard InChI is InChI=1S/C23H29N5O4/c1-27(2)11-3-12-28-15-5-4-14(25-9-8-24-10-13-29)18-19(15)22(26-28)20-16(30)6-7-17(31)21(20)23(18)32/h4-7,24,26,29,31-32H,3,8-13H2,1-2H3. The molecular weight excluding hydrogens is 410 g/mol. The van der Waals surface area contributed by atoms with Crippen LogP contribution in [0, 0.1) is 0 Å². The molecule has 0 amide bonds. The molecule has 32 heavy (non-hydrogen) atoms. The van der Waals surface area contributed by atoms with E-state index in [4.69, 9.17) is 5.11 Å². The molecule has 0 atom stereocenters. The van der Waals surface area contributed by atoms with E-state index in [1.54, 1.807) is 0 Å². The summed E-state index contributed by atoms with van der Waals surface area (Å²) < 4.78 is 1.98. The summed E-state index contributed by atoms with van der Waals surface area (Å²) in [6.07, 6.45) is 0.900. The number of phenols is 2. The molecule has 0 aliphatic heterocycles. The second kappa shape index (κ2) is 9.15. The van der Waals surface area contributed by atoms with Crippen LogP contribution in [0.25, 0.3) is 32.6 Å². The molecule has 0 fully saturated rings. The van der Waals surface area contributed by atoms with Crippen LogP contribution in [0.5, 0.6) is 11.5 Å². The molecule has 170 valence electrons. The fourth-order valence-corrected chi connectivity index (χ4v) is 4.23. The fourth-order valence-electron chi connectivity index (χ4n) is 4.23. The molecular formula is C23H29N5O4. The summed E-state index contributed by atoms with van der Waals surface area (Å²) in [6, 6.07) is 6.42. The summed E-state index contributed by atoms with van der Waals surface area (Å²) in [7, 11) is 4.04. The first kappa shape index (κ1) is 22.1. The van der Waals surface area contributed by atoms with Crippen molar-refractivity contribution in [1.29, 1.82) is 0 Å². The van der Waals surface area contributed by atoms with Crippen LogP contribution in [-0.2, 0) is 6.54 Å². The first-order valence-corrected chi connectivity index (χ1v) is 10.8. The van der Waals surface area contributed by atoms with Crippen molar-refractivity contribution in [2.45, 2.75) is 13.0 Å². The Morgan fingerprint density at radius 3 is 2.62 bits per heavy atom. The van der Waals surface area contributed by atoms with Crippen molar-refractivity contribution in [2.75, 3.05) is 46.9 Å². The molecule has 9 heteroatoms. The highest BCUT2D eigenvalue weighted by Gasteiger charge is 2.21. The van der Waals surface area contributed by atoms with Crippen LogP contribution in [-0.4, -0.2) is 76.9 Å². The number of phenolic OH excluding ortho intramolecular Hbond substituents is 2. The van der Waals surface area contributed by atoms with Gasteiger partial charge >= 0.3 is 0 Å². The number of nitrogens with zero attached hydrogens (tertiary/aromatic N) is 3. The molecule has 4 rings (SSSR count). The first-order chi connectivity index (χ1) is 15.4. The van der Waals surface area contributed by atoms with E-state index >= 15 is 0 Å². The number of hydrogen-bond acceptors (Lipinski definition) is 7. The second-order valence-electron chi connectivity index (χ2n) is 8.19. The van der Waals surface area contributed by atoms with Gasteiger partial charge in [0.1, 0.15) is 11.5 Å². The van der Waals surface area contributed by atoms with Gasteiger partial charge in [0.25, 0.3) is 0 Å². The molecule has 0 aliphatic rings. The van der Waals surface area contributed by atoms with Crippen molar-refractivity contribution in [3.05, 3.63) is 39.8 Å². The average Bonchev–Trinajstić information content (AvgIpc) is 3.12. The molecule has 0 unspecified atom stereocenters. The molecule has 0 spiro atoms. The monoisotopic (exact) mass is 439 g/mol. The Morgan fingerprint density at radius 1 is 1.06 bits per heavy atom. The summed E-state index contributed by atoms with van der Waals surface area (Å²) in [5.74, 6) is -0.293. The Morgan fingerprint density at radius 2 is 1.88 bits per heavy atom. The maximum atomic E-state index is 12.8. The Bertz CT molecular complexity index is 1370. The molecule has 0 radical (unpaired) electrons. The van der Waals surface area contributed by atoms with Crippen molar-refractivity contribution in [1.82, 2.24) is 20.0 Å². The van der Waals surface area contributed by atoms with Gasteiger partial charge in [0.05, 0.1) is 45.7 Å². The van der Waals surface area contributed by atoms with Crippen LogP contribution in [0.1, 0.15) is 6.42 Å². The van der Waals surface area contributed by atoms with E-state index in [1.807, 2.05) is 30.9 Å². The predicted molar refractivity (Wildman–Crippen MR) is 126 cm³/mol. The number of H-pyrrole nitrogens is 1. The van der Waals surface area contributed by atoms with Crippen LogP contribution in [0.15, 0.2) is 34.1 Å². The zero-order valence-corrected chi connectivity index (χ0v) is 18.4. The third-order valence-electron chi connectivity index (χ3n) is 5.66. The lowest BCUT2D eigenvalue weighted by Crippen LogP contribution is -2.22. The van der Waals surface area contributed by atoms with E-state index in [-0.39, 0.29) is 34.3 Å². The van der Waals surface area contributed by atoms with Crippen LogP contribution in [0.3, 0.4) is 0 Å². The Kier molecular flexibility index (Phi) is 6.31. The maximum Gasteiger partial charge on any atom is 0.189 e. The molecule has 1 heterocycles. The van der Waals surface area contributed by atoms with Gasteiger partial charge in [-0.3, -0.25) is 19.6 Å². The summed E-state index contributed by atoms with van der Waals surface area (Å²) in [5.41, 5.74) is 1.18. The highest BCUT2D eigenvalue weighted by Crippen LogP contribution is 2.41. The molecule has 4 aromatic rings. The Hall–Kier alpha value is -3.14. The summed E-state index contributed by atoms with van der Waals surface area (Å²) in [6.45, 7) is 3.19. The number of rotatable bonds is 9. The molecule has 0 aliphatic carbocycles. The van der Waals surface area contributed by atoms with E-state index < -0.39 is 0 Å². The Balaban J connectivity index is 1.97. The molecule has 3 aromatic carbocycles. The largest absolute Gasteiger partial charge is 0.507 e. The number of aliphatic hydroxyl groups is 1. The van der Waals surface area contributed by atoms with Gasteiger partial charge < -0.3 is 25.5 Å². The van der Waals surface area contributed by atoms with Gasteiger partial charge in [-0.15, -0.1) is 0 Å². The van der Waals surface area contributed by atoms with E-state index in [0.717, 1.165) is 23.9 Å². The minimum Gasteiger partial charge on any atom is -0.507 e. The fraction of sp³-hybridized carbons (Fsp3) is 0.391. The number of aliphatic hydroxyl groups excluding tert-OH is 1. The quantitative estimate of drug-likeness (QED) is 0.195. The summed E-state index contributed by atoms with van der Waals surface area (Å²) in [5, 5.41) is 39.2. The van der Waals surface area contributed by atoms with Gasteiger partial charge in [-0.2, -0.15) is 0 Å². The van der Waals surface area contributed by atoms with Crippen molar-refractivity contribution >= 4 is 32.6 Å². The van der Waals surface area contributed by atoms with Gasteiger partial charge in [0, 0.05) is 25.0 Å². The van der Waals surface area contributed by atoms with Crippen molar-refractivity contribution < 1.29 is 15.3 Å².